The van der Waals surface area contributed by atoms with Crippen molar-refractivity contribution in [2.45, 2.75) is 33.1 Å². The van der Waals surface area contributed by atoms with Gasteiger partial charge < -0.3 is 9.84 Å². The van der Waals surface area contributed by atoms with E-state index < -0.39 is 5.97 Å². The third kappa shape index (κ3) is 3.36. The number of ether oxygens (including phenoxy) is 1. The van der Waals surface area contributed by atoms with Crippen molar-refractivity contribution in [3.63, 3.8) is 0 Å². The first-order chi connectivity index (χ1) is 8.25. The van der Waals surface area contributed by atoms with Crippen molar-refractivity contribution in [1.82, 2.24) is 0 Å². The largest absolute Gasteiger partial charge is 0.496 e. The molecule has 0 radical (unpaired) electrons. The number of aliphatic carboxylic acids is 1. The summed E-state index contributed by atoms with van der Waals surface area (Å²) in [6.45, 7) is 8.10. The monoisotopic (exact) mass is 248 g/mol. The highest BCUT2D eigenvalue weighted by molar-refractivity contribution is 5.89. The Bertz CT molecular complexity index is 479. The topological polar surface area (TPSA) is 46.5 Å². The molecule has 3 heteroatoms. The standard InChI is InChI=1S/C15H20O3/c1-10(8-14(16)17)11-6-7-13(18-5)12(9-11)15(2,3)4/h6-9H,1-5H3,(H,16,17)/b10-8+. The predicted octanol–water partition coefficient (Wildman–Crippen LogP) is 3.48. The second-order valence-corrected chi connectivity index (χ2v) is 5.33. The van der Waals surface area contributed by atoms with Gasteiger partial charge in [-0.2, -0.15) is 0 Å². The van der Waals surface area contributed by atoms with Crippen LogP contribution in [0.2, 0.25) is 0 Å². The van der Waals surface area contributed by atoms with Gasteiger partial charge >= 0.3 is 5.97 Å². The number of allylic oxidation sites excluding steroid dienone is 1. The van der Waals surface area contributed by atoms with Crippen LogP contribution in [0.3, 0.4) is 0 Å². The molecule has 1 aromatic carbocycles. The third-order valence-corrected chi connectivity index (χ3v) is 2.80. The zero-order valence-electron chi connectivity index (χ0n) is 11.6. The molecular formula is C15H20O3. The minimum absolute atomic E-state index is 0.0507. The van der Waals surface area contributed by atoms with E-state index in [1.54, 1.807) is 14.0 Å². The molecule has 0 aromatic heterocycles. The first-order valence-corrected chi connectivity index (χ1v) is 5.86. The molecule has 3 nitrogen and oxygen atoms in total. The molecule has 0 fully saturated rings. The molecule has 1 aromatic rings. The summed E-state index contributed by atoms with van der Waals surface area (Å²) in [6, 6.07) is 5.76. The van der Waals surface area contributed by atoms with Crippen molar-refractivity contribution in [1.29, 1.82) is 0 Å². The molecule has 18 heavy (non-hydrogen) atoms. The van der Waals surface area contributed by atoms with Crippen molar-refractivity contribution >= 4 is 11.5 Å². The first-order valence-electron chi connectivity index (χ1n) is 5.86. The summed E-state index contributed by atoms with van der Waals surface area (Å²) >= 11 is 0. The van der Waals surface area contributed by atoms with Crippen LogP contribution < -0.4 is 4.74 Å². The van der Waals surface area contributed by atoms with Gasteiger partial charge in [0.25, 0.3) is 0 Å². The smallest absolute Gasteiger partial charge is 0.328 e. The quantitative estimate of drug-likeness (QED) is 0.833. The molecule has 0 heterocycles. The van der Waals surface area contributed by atoms with Gasteiger partial charge in [-0.05, 0) is 35.6 Å². The van der Waals surface area contributed by atoms with E-state index in [9.17, 15) is 4.79 Å². The van der Waals surface area contributed by atoms with Crippen LogP contribution in [0.5, 0.6) is 5.75 Å². The number of hydrogen-bond acceptors (Lipinski definition) is 2. The Morgan fingerprint density at radius 3 is 2.39 bits per heavy atom. The number of rotatable bonds is 3. The third-order valence-electron chi connectivity index (χ3n) is 2.80. The summed E-state index contributed by atoms with van der Waals surface area (Å²) in [7, 11) is 1.64. The van der Waals surface area contributed by atoms with E-state index in [4.69, 9.17) is 9.84 Å². The van der Waals surface area contributed by atoms with Crippen molar-refractivity contribution in [3.8, 4) is 5.75 Å². The van der Waals surface area contributed by atoms with Gasteiger partial charge in [-0.15, -0.1) is 0 Å². The minimum atomic E-state index is -0.930. The molecule has 0 aliphatic heterocycles. The average molecular weight is 248 g/mol. The fraction of sp³-hybridized carbons (Fsp3) is 0.400. The summed E-state index contributed by atoms with van der Waals surface area (Å²) in [5.41, 5.74) is 2.66. The van der Waals surface area contributed by atoms with Crippen molar-refractivity contribution in [2.24, 2.45) is 0 Å². The molecule has 0 spiro atoms. The van der Waals surface area contributed by atoms with Crippen LogP contribution >= 0.6 is 0 Å². The van der Waals surface area contributed by atoms with Crippen LogP contribution in [0.25, 0.3) is 5.57 Å². The maximum Gasteiger partial charge on any atom is 0.328 e. The molecule has 0 aliphatic carbocycles. The Kier molecular flexibility index (Phi) is 4.17. The second-order valence-electron chi connectivity index (χ2n) is 5.33. The molecule has 0 unspecified atom stereocenters. The Morgan fingerprint density at radius 2 is 1.94 bits per heavy atom. The van der Waals surface area contributed by atoms with Gasteiger partial charge in [0.15, 0.2) is 0 Å². The van der Waals surface area contributed by atoms with E-state index in [1.807, 2.05) is 18.2 Å². The van der Waals surface area contributed by atoms with Gasteiger partial charge in [-0.1, -0.05) is 26.8 Å². The van der Waals surface area contributed by atoms with E-state index in [-0.39, 0.29) is 5.41 Å². The summed E-state index contributed by atoms with van der Waals surface area (Å²) < 4.78 is 5.35. The van der Waals surface area contributed by atoms with Gasteiger partial charge in [0.2, 0.25) is 0 Å². The Hall–Kier alpha value is -1.77. The van der Waals surface area contributed by atoms with E-state index >= 15 is 0 Å². The first kappa shape index (κ1) is 14.3. The molecule has 0 saturated carbocycles. The summed E-state index contributed by atoms with van der Waals surface area (Å²) in [4.78, 5) is 10.7. The molecule has 1 N–H and O–H groups in total. The van der Waals surface area contributed by atoms with Crippen LogP contribution in [0.15, 0.2) is 24.3 Å². The predicted molar refractivity (Wildman–Crippen MR) is 73.0 cm³/mol. The molecule has 1 rings (SSSR count). The molecular weight excluding hydrogens is 228 g/mol. The lowest BCUT2D eigenvalue weighted by Gasteiger charge is -2.23. The number of benzene rings is 1. The van der Waals surface area contributed by atoms with Crippen molar-refractivity contribution in [3.05, 3.63) is 35.4 Å². The fourth-order valence-electron chi connectivity index (χ4n) is 1.81. The normalized spacial score (nSPS) is 12.4. The van der Waals surface area contributed by atoms with Crippen LogP contribution in [-0.2, 0) is 10.2 Å². The van der Waals surface area contributed by atoms with Gasteiger partial charge in [0, 0.05) is 11.6 Å². The Labute approximate surface area is 108 Å². The molecule has 0 amide bonds. The molecule has 98 valence electrons. The fourth-order valence-corrected chi connectivity index (χ4v) is 1.81. The van der Waals surface area contributed by atoms with E-state index in [0.717, 1.165) is 22.4 Å². The maximum atomic E-state index is 10.7. The van der Waals surface area contributed by atoms with Crippen LogP contribution in [0.1, 0.15) is 38.8 Å². The Morgan fingerprint density at radius 1 is 1.33 bits per heavy atom. The molecule has 0 aliphatic rings. The molecule has 0 saturated heterocycles. The average Bonchev–Trinajstić information content (AvgIpc) is 2.26. The lowest BCUT2D eigenvalue weighted by molar-refractivity contribution is -0.131. The van der Waals surface area contributed by atoms with Crippen LogP contribution in [0.4, 0.5) is 0 Å². The number of carboxylic acid groups (broad SMARTS) is 1. The second kappa shape index (κ2) is 5.25. The van der Waals surface area contributed by atoms with Gasteiger partial charge in [-0.3, -0.25) is 0 Å². The van der Waals surface area contributed by atoms with Gasteiger partial charge in [0.05, 0.1) is 7.11 Å². The lowest BCUT2D eigenvalue weighted by Crippen LogP contribution is -2.13. The van der Waals surface area contributed by atoms with Crippen LogP contribution in [-0.4, -0.2) is 18.2 Å². The zero-order valence-corrected chi connectivity index (χ0v) is 11.6. The highest BCUT2D eigenvalue weighted by Gasteiger charge is 2.19. The van der Waals surface area contributed by atoms with Crippen molar-refractivity contribution < 1.29 is 14.6 Å². The number of methoxy groups -OCH3 is 1. The molecule has 0 bridgehead atoms. The minimum Gasteiger partial charge on any atom is -0.496 e. The SMILES string of the molecule is COc1ccc(/C(C)=C/C(=O)O)cc1C(C)(C)C. The van der Waals surface area contributed by atoms with Crippen molar-refractivity contribution in [2.75, 3.05) is 7.11 Å². The number of hydrogen-bond donors (Lipinski definition) is 1. The summed E-state index contributed by atoms with van der Waals surface area (Å²) in [5, 5.41) is 8.77. The van der Waals surface area contributed by atoms with Gasteiger partial charge in [-0.25, -0.2) is 4.79 Å². The maximum absolute atomic E-state index is 10.7. The van der Waals surface area contributed by atoms with E-state index in [1.165, 1.54) is 6.08 Å². The summed E-state index contributed by atoms with van der Waals surface area (Å²) in [6.07, 6.45) is 1.22. The zero-order chi connectivity index (χ0) is 13.9. The number of carboxylic acids is 1. The summed E-state index contributed by atoms with van der Waals surface area (Å²) in [5.74, 6) is -0.102. The Balaban J connectivity index is 3.31. The highest BCUT2D eigenvalue weighted by atomic mass is 16.5. The highest BCUT2D eigenvalue weighted by Crippen LogP contribution is 2.33. The van der Waals surface area contributed by atoms with Gasteiger partial charge in [0.1, 0.15) is 5.75 Å². The van der Waals surface area contributed by atoms with Crippen LogP contribution in [0, 0.1) is 0 Å². The molecule has 0 atom stereocenters. The number of carbonyl (C=O) groups is 1. The lowest BCUT2D eigenvalue weighted by atomic mass is 9.84. The van der Waals surface area contributed by atoms with E-state index in [2.05, 4.69) is 20.8 Å². The van der Waals surface area contributed by atoms with E-state index in [0.29, 0.717) is 0 Å².